The standard InChI is InChI=1S/C15H15NO5S/c17-16(18)11-14(13-7-3-1-4-8-13)12-21-22(19,20)15-9-5-2-6-10-15/h1-10,14H,11-12H2/t14-/m0/s1. The Bertz CT molecular complexity index is 716. The van der Waals surface area contributed by atoms with Gasteiger partial charge in [-0.1, -0.05) is 48.5 Å². The van der Waals surface area contributed by atoms with Crippen LogP contribution < -0.4 is 0 Å². The zero-order chi connectivity index (χ0) is 16.0. The molecule has 6 nitrogen and oxygen atoms in total. The van der Waals surface area contributed by atoms with E-state index in [1.165, 1.54) is 12.1 Å². The molecule has 0 fully saturated rings. The number of hydrogen-bond acceptors (Lipinski definition) is 5. The summed E-state index contributed by atoms with van der Waals surface area (Å²) in [4.78, 5) is 10.3. The minimum Gasteiger partial charge on any atom is -0.265 e. The Kier molecular flexibility index (Phi) is 5.24. The second kappa shape index (κ2) is 7.15. The molecule has 0 aliphatic carbocycles. The van der Waals surface area contributed by atoms with E-state index in [1.807, 2.05) is 0 Å². The van der Waals surface area contributed by atoms with Gasteiger partial charge in [0.25, 0.3) is 10.1 Å². The van der Waals surface area contributed by atoms with Crippen LogP contribution in [0.3, 0.4) is 0 Å². The maximum atomic E-state index is 12.1. The summed E-state index contributed by atoms with van der Waals surface area (Å²) in [5.74, 6) is -0.630. The van der Waals surface area contributed by atoms with E-state index in [1.54, 1.807) is 48.5 Å². The Hall–Kier alpha value is -2.25. The lowest BCUT2D eigenvalue weighted by Gasteiger charge is -2.13. The van der Waals surface area contributed by atoms with Crippen LogP contribution in [-0.2, 0) is 14.3 Å². The monoisotopic (exact) mass is 321 g/mol. The lowest BCUT2D eigenvalue weighted by atomic mass is 10.0. The molecule has 0 radical (unpaired) electrons. The fourth-order valence-electron chi connectivity index (χ4n) is 1.99. The topological polar surface area (TPSA) is 86.5 Å². The summed E-state index contributed by atoms with van der Waals surface area (Å²) in [6.45, 7) is -0.670. The van der Waals surface area contributed by atoms with Crippen LogP contribution in [0, 0.1) is 10.1 Å². The fraction of sp³-hybridized carbons (Fsp3) is 0.200. The van der Waals surface area contributed by atoms with E-state index in [4.69, 9.17) is 4.18 Å². The van der Waals surface area contributed by atoms with E-state index >= 15 is 0 Å². The maximum absolute atomic E-state index is 12.1. The third-order valence-electron chi connectivity index (χ3n) is 3.10. The van der Waals surface area contributed by atoms with Crippen molar-refractivity contribution in [1.82, 2.24) is 0 Å². The van der Waals surface area contributed by atoms with Crippen molar-refractivity contribution in [1.29, 1.82) is 0 Å². The van der Waals surface area contributed by atoms with Gasteiger partial charge >= 0.3 is 0 Å². The summed E-state index contributed by atoms with van der Waals surface area (Å²) in [5, 5.41) is 10.8. The third-order valence-corrected chi connectivity index (χ3v) is 4.39. The lowest BCUT2D eigenvalue weighted by Crippen LogP contribution is -2.20. The zero-order valence-electron chi connectivity index (χ0n) is 11.7. The van der Waals surface area contributed by atoms with Gasteiger partial charge in [0, 0.05) is 4.92 Å². The molecule has 0 unspecified atom stereocenters. The number of rotatable bonds is 7. The van der Waals surface area contributed by atoms with Crippen molar-refractivity contribution in [3.8, 4) is 0 Å². The molecule has 0 saturated carbocycles. The molecule has 0 heterocycles. The molecule has 0 aliphatic heterocycles. The van der Waals surface area contributed by atoms with Gasteiger partial charge in [0.05, 0.1) is 17.4 Å². The molecular formula is C15H15NO5S. The van der Waals surface area contributed by atoms with Crippen LogP contribution in [0.2, 0.25) is 0 Å². The molecule has 7 heteroatoms. The molecule has 0 amide bonds. The molecule has 2 aromatic rings. The molecular weight excluding hydrogens is 306 g/mol. The molecule has 116 valence electrons. The minimum absolute atomic E-state index is 0.0305. The van der Waals surface area contributed by atoms with Gasteiger partial charge in [0.15, 0.2) is 0 Å². The van der Waals surface area contributed by atoms with Crippen LogP contribution in [0.25, 0.3) is 0 Å². The SMILES string of the molecule is O=[N+]([O-])C[C@@H](COS(=O)(=O)c1ccccc1)c1ccccc1. The number of nitrogens with zero attached hydrogens (tertiary/aromatic N) is 1. The van der Waals surface area contributed by atoms with Crippen molar-refractivity contribution in [3.05, 3.63) is 76.3 Å². The molecule has 0 aliphatic rings. The zero-order valence-corrected chi connectivity index (χ0v) is 12.5. The highest BCUT2D eigenvalue weighted by molar-refractivity contribution is 7.86. The first-order valence-corrected chi connectivity index (χ1v) is 8.01. The van der Waals surface area contributed by atoms with E-state index in [0.717, 1.165) is 0 Å². The van der Waals surface area contributed by atoms with Crippen molar-refractivity contribution in [3.63, 3.8) is 0 Å². The average molecular weight is 321 g/mol. The van der Waals surface area contributed by atoms with Crippen LogP contribution in [0.15, 0.2) is 65.6 Å². The minimum atomic E-state index is -3.92. The number of nitro groups is 1. The van der Waals surface area contributed by atoms with Gasteiger partial charge in [-0.25, -0.2) is 0 Å². The van der Waals surface area contributed by atoms with Crippen LogP contribution in [-0.4, -0.2) is 26.5 Å². The Labute approximate surface area is 128 Å². The molecule has 0 N–H and O–H groups in total. The van der Waals surface area contributed by atoms with Crippen LogP contribution in [0.4, 0.5) is 0 Å². The van der Waals surface area contributed by atoms with E-state index in [2.05, 4.69) is 0 Å². The van der Waals surface area contributed by atoms with Gasteiger partial charge in [-0.3, -0.25) is 14.3 Å². The molecule has 0 saturated heterocycles. The summed E-state index contributed by atoms with van der Waals surface area (Å²) in [6.07, 6.45) is 0. The molecule has 22 heavy (non-hydrogen) atoms. The second-order valence-electron chi connectivity index (χ2n) is 4.67. The predicted octanol–water partition coefficient (Wildman–Crippen LogP) is 2.45. The number of benzene rings is 2. The smallest absolute Gasteiger partial charge is 0.265 e. The van der Waals surface area contributed by atoms with Gasteiger partial charge < -0.3 is 0 Å². The van der Waals surface area contributed by atoms with Gasteiger partial charge in [0.1, 0.15) is 0 Å². The molecule has 0 aromatic heterocycles. The summed E-state index contributed by atoms with van der Waals surface area (Å²) >= 11 is 0. The second-order valence-corrected chi connectivity index (χ2v) is 6.29. The van der Waals surface area contributed by atoms with Gasteiger partial charge in [-0.2, -0.15) is 8.42 Å². The van der Waals surface area contributed by atoms with Crippen LogP contribution in [0.1, 0.15) is 11.5 Å². The van der Waals surface area contributed by atoms with Gasteiger partial charge in [-0.05, 0) is 17.7 Å². The molecule has 0 bridgehead atoms. The van der Waals surface area contributed by atoms with Crippen LogP contribution in [0.5, 0.6) is 0 Å². The van der Waals surface area contributed by atoms with E-state index in [-0.39, 0.29) is 11.5 Å². The first-order chi connectivity index (χ1) is 10.5. The highest BCUT2D eigenvalue weighted by Crippen LogP contribution is 2.19. The largest absolute Gasteiger partial charge is 0.296 e. The van der Waals surface area contributed by atoms with Crippen molar-refractivity contribution in [2.75, 3.05) is 13.2 Å². The van der Waals surface area contributed by atoms with Gasteiger partial charge in [0.2, 0.25) is 6.54 Å². The van der Waals surface area contributed by atoms with Crippen molar-refractivity contribution >= 4 is 10.1 Å². The first kappa shape index (κ1) is 16.1. The molecule has 2 rings (SSSR count). The Morgan fingerprint density at radius 3 is 2.09 bits per heavy atom. The lowest BCUT2D eigenvalue weighted by molar-refractivity contribution is -0.483. The highest BCUT2D eigenvalue weighted by atomic mass is 32.2. The average Bonchev–Trinajstić information content (AvgIpc) is 2.53. The van der Waals surface area contributed by atoms with E-state index in [0.29, 0.717) is 5.56 Å². The summed E-state index contributed by atoms with van der Waals surface area (Å²) in [7, 11) is -3.92. The van der Waals surface area contributed by atoms with E-state index < -0.39 is 27.5 Å². The third kappa shape index (κ3) is 4.37. The Morgan fingerprint density at radius 1 is 1.00 bits per heavy atom. The molecule has 1 atom stereocenters. The Morgan fingerprint density at radius 2 is 1.55 bits per heavy atom. The van der Waals surface area contributed by atoms with Crippen LogP contribution >= 0.6 is 0 Å². The van der Waals surface area contributed by atoms with Gasteiger partial charge in [-0.15, -0.1) is 0 Å². The highest BCUT2D eigenvalue weighted by Gasteiger charge is 2.23. The fourth-order valence-corrected chi connectivity index (χ4v) is 2.96. The van der Waals surface area contributed by atoms with Crippen molar-refractivity contribution in [2.45, 2.75) is 10.8 Å². The van der Waals surface area contributed by atoms with E-state index in [9.17, 15) is 18.5 Å². The normalized spacial score (nSPS) is 12.7. The Balaban J connectivity index is 2.13. The summed E-state index contributed by atoms with van der Waals surface area (Å²) in [6, 6.07) is 16.4. The molecule has 0 spiro atoms. The van der Waals surface area contributed by atoms with Crippen molar-refractivity contribution < 1.29 is 17.5 Å². The quantitative estimate of drug-likeness (QED) is 0.444. The predicted molar refractivity (Wildman–Crippen MR) is 80.6 cm³/mol. The maximum Gasteiger partial charge on any atom is 0.296 e. The summed E-state index contributed by atoms with van der Waals surface area (Å²) < 4.78 is 29.1. The van der Waals surface area contributed by atoms with Crippen molar-refractivity contribution in [2.24, 2.45) is 0 Å². The molecule has 2 aromatic carbocycles. The summed E-state index contributed by atoms with van der Waals surface area (Å²) in [5.41, 5.74) is 0.669. The number of hydrogen-bond donors (Lipinski definition) is 0. The first-order valence-electron chi connectivity index (χ1n) is 6.60.